The Bertz CT molecular complexity index is 1010. The van der Waals surface area contributed by atoms with Crippen LogP contribution in [0.5, 0.6) is 17.2 Å². The summed E-state index contributed by atoms with van der Waals surface area (Å²) in [6.07, 6.45) is 1.42. The van der Waals surface area contributed by atoms with Crippen LogP contribution in [0.15, 0.2) is 68.6 Å². The molecule has 0 aliphatic carbocycles. The minimum Gasteiger partial charge on any atom is -0.486 e. The van der Waals surface area contributed by atoms with Crippen LogP contribution in [-0.4, -0.2) is 18.9 Å². The number of nitrogens with zero attached hydrogens (tertiary/aromatic N) is 1. The second-order valence-electron chi connectivity index (χ2n) is 5.81. The van der Waals surface area contributed by atoms with E-state index in [4.69, 9.17) is 18.6 Å². The zero-order chi connectivity index (χ0) is 19.3. The summed E-state index contributed by atoms with van der Waals surface area (Å²) >= 11 is 3.38. The van der Waals surface area contributed by atoms with E-state index in [-0.39, 0.29) is 12.7 Å². The second-order valence-corrected chi connectivity index (χ2v) is 6.73. The molecule has 0 fully saturated rings. The summed E-state index contributed by atoms with van der Waals surface area (Å²) in [7, 11) is 0. The maximum absolute atomic E-state index is 12.1. The molecular formula is C20H15BrN2O5. The topological polar surface area (TPSA) is 82.3 Å². The van der Waals surface area contributed by atoms with Gasteiger partial charge in [0, 0.05) is 10.0 Å². The molecule has 0 saturated heterocycles. The normalized spacial score (nSPS) is 12.3. The molecule has 1 N–H and O–H groups in total. The highest BCUT2D eigenvalue weighted by Crippen LogP contribution is 2.32. The minimum absolute atomic E-state index is 0.158. The van der Waals surface area contributed by atoms with E-state index in [1.54, 1.807) is 30.3 Å². The fourth-order valence-corrected chi connectivity index (χ4v) is 2.75. The van der Waals surface area contributed by atoms with Crippen LogP contribution in [0.25, 0.3) is 0 Å². The van der Waals surface area contributed by atoms with Gasteiger partial charge in [0.1, 0.15) is 23.9 Å². The van der Waals surface area contributed by atoms with E-state index in [1.165, 1.54) is 6.21 Å². The van der Waals surface area contributed by atoms with Gasteiger partial charge in [-0.1, -0.05) is 15.9 Å². The van der Waals surface area contributed by atoms with Gasteiger partial charge in [-0.15, -0.1) is 0 Å². The van der Waals surface area contributed by atoms with Crippen molar-refractivity contribution in [2.75, 3.05) is 6.79 Å². The quantitative estimate of drug-likeness (QED) is 0.458. The highest BCUT2D eigenvalue weighted by molar-refractivity contribution is 9.10. The third-order valence-electron chi connectivity index (χ3n) is 3.87. The first-order valence-electron chi connectivity index (χ1n) is 8.37. The zero-order valence-corrected chi connectivity index (χ0v) is 16.1. The Labute approximate surface area is 169 Å². The molecule has 0 radical (unpaired) electrons. The fourth-order valence-electron chi connectivity index (χ4n) is 2.48. The highest BCUT2D eigenvalue weighted by atomic mass is 79.9. The number of carbonyl (C=O) groups is 1. The number of furan rings is 1. The van der Waals surface area contributed by atoms with Gasteiger partial charge >= 0.3 is 0 Å². The summed E-state index contributed by atoms with van der Waals surface area (Å²) in [6, 6.07) is 16.0. The molecule has 0 spiro atoms. The first-order valence-corrected chi connectivity index (χ1v) is 9.17. The highest BCUT2D eigenvalue weighted by Gasteiger charge is 2.15. The van der Waals surface area contributed by atoms with Gasteiger partial charge in [0.15, 0.2) is 11.5 Å². The van der Waals surface area contributed by atoms with Crippen molar-refractivity contribution >= 4 is 28.1 Å². The number of benzene rings is 2. The van der Waals surface area contributed by atoms with Crippen molar-refractivity contribution < 1.29 is 23.4 Å². The number of amides is 1. The number of rotatable bonds is 6. The summed E-state index contributed by atoms with van der Waals surface area (Å²) in [5.41, 5.74) is 2.87. The first kappa shape index (κ1) is 18.1. The number of carbonyl (C=O) groups excluding carboxylic acids is 1. The third kappa shape index (κ3) is 4.34. The molecule has 1 amide bonds. The largest absolute Gasteiger partial charge is 0.486 e. The van der Waals surface area contributed by atoms with Gasteiger partial charge in [-0.25, -0.2) is 5.43 Å². The van der Waals surface area contributed by atoms with Crippen molar-refractivity contribution in [3.05, 3.63) is 76.2 Å². The van der Waals surface area contributed by atoms with Gasteiger partial charge in [-0.3, -0.25) is 4.79 Å². The summed E-state index contributed by atoms with van der Waals surface area (Å²) in [4.78, 5) is 12.1. The minimum atomic E-state index is -0.361. The standard InChI is InChI=1S/C20H15BrN2O5/c21-14-2-4-15(5-3-14)25-11-17-7-6-16(28-17)10-22-23-20(24)13-1-8-18-19(9-13)27-12-26-18/h1-10H,11-12H2,(H,23,24)/b22-10+. The first-order chi connectivity index (χ1) is 13.7. The predicted octanol–water partition coefficient (Wildman–Crippen LogP) is 4.11. The van der Waals surface area contributed by atoms with E-state index in [9.17, 15) is 4.79 Å². The van der Waals surface area contributed by atoms with Crippen LogP contribution in [0.2, 0.25) is 0 Å². The smallest absolute Gasteiger partial charge is 0.271 e. The fraction of sp³-hybridized carbons (Fsp3) is 0.100. The van der Waals surface area contributed by atoms with Crippen molar-refractivity contribution in [3.63, 3.8) is 0 Å². The molecule has 4 rings (SSSR count). The summed E-state index contributed by atoms with van der Waals surface area (Å²) in [5, 5.41) is 3.92. The molecular weight excluding hydrogens is 428 g/mol. The number of nitrogens with one attached hydrogen (secondary N) is 1. The van der Waals surface area contributed by atoms with Crippen LogP contribution in [0.3, 0.4) is 0 Å². The van der Waals surface area contributed by atoms with Crippen molar-refractivity contribution in [1.29, 1.82) is 0 Å². The van der Waals surface area contributed by atoms with Gasteiger partial charge in [0.2, 0.25) is 6.79 Å². The van der Waals surface area contributed by atoms with Gasteiger partial charge in [-0.05, 0) is 54.6 Å². The molecule has 1 aromatic heterocycles. The molecule has 3 aromatic rings. The van der Waals surface area contributed by atoms with E-state index in [2.05, 4.69) is 26.5 Å². The number of ether oxygens (including phenoxy) is 3. The Kier molecular flexibility index (Phi) is 5.29. The van der Waals surface area contributed by atoms with Gasteiger partial charge in [-0.2, -0.15) is 5.10 Å². The molecule has 0 unspecified atom stereocenters. The maximum Gasteiger partial charge on any atom is 0.271 e. The van der Waals surface area contributed by atoms with Crippen LogP contribution >= 0.6 is 15.9 Å². The predicted molar refractivity (Wildman–Crippen MR) is 105 cm³/mol. The van der Waals surface area contributed by atoms with E-state index in [0.717, 1.165) is 10.2 Å². The number of fused-ring (bicyclic) bond motifs is 1. The Balaban J connectivity index is 1.30. The monoisotopic (exact) mass is 442 g/mol. The number of hydrazone groups is 1. The van der Waals surface area contributed by atoms with Crippen molar-refractivity contribution in [2.24, 2.45) is 5.10 Å². The molecule has 0 atom stereocenters. The molecule has 142 valence electrons. The second kappa shape index (κ2) is 8.18. The third-order valence-corrected chi connectivity index (χ3v) is 4.40. The van der Waals surface area contributed by atoms with E-state index in [1.807, 2.05) is 24.3 Å². The van der Waals surface area contributed by atoms with E-state index in [0.29, 0.717) is 35.2 Å². The lowest BCUT2D eigenvalue weighted by Crippen LogP contribution is -2.17. The summed E-state index contributed by atoms with van der Waals surface area (Å²) in [6.45, 7) is 0.448. The molecule has 8 heteroatoms. The average molecular weight is 443 g/mol. The lowest BCUT2D eigenvalue weighted by atomic mass is 10.2. The Hall–Kier alpha value is -3.26. The van der Waals surface area contributed by atoms with E-state index >= 15 is 0 Å². The molecule has 2 aromatic carbocycles. The Morgan fingerprint density at radius 3 is 2.79 bits per heavy atom. The molecule has 1 aliphatic rings. The van der Waals surface area contributed by atoms with Crippen LogP contribution in [-0.2, 0) is 6.61 Å². The van der Waals surface area contributed by atoms with Crippen molar-refractivity contribution in [1.82, 2.24) is 5.43 Å². The number of hydrogen-bond acceptors (Lipinski definition) is 6. The molecule has 0 bridgehead atoms. The van der Waals surface area contributed by atoms with Crippen LogP contribution < -0.4 is 19.6 Å². The number of hydrogen-bond donors (Lipinski definition) is 1. The molecule has 7 nitrogen and oxygen atoms in total. The lowest BCUT2D eigenvalue weighted by molar-refractivity contribution is 0.0954. The van der Waals surface area contributed by atoms with Gasteiger partial charge in [0.05, 0.1) is 6.21 Å². The van der Waals surface area contributed by atoms with Crippen LogP contribution in [0.4, 0.5) is 0 Å². The van der Waals surface area contributed by atoms with Gasteiger partial charge < -0.3 is 18.6 Å². The Morgan fingerprint density at radius 2 is 1.93 bits per heavy atom. The summed E-state index contributed by atoms with van der Waals surface area (Å²) in [5.74, 6) is 2.68. The van der Waals surface area contributed by atoms with E-state index < -0.39 is 0 Å². The molecule has 28 heavy (non-hydrogen) atoms. The lowest BCUT2D eigenvalue weighted by Gasteiger charge is -2.03. The van der Waals surface area contributed by atoms with Crippen molar-refractivity contribution in [2.45, 2.75) is 6.61 Å². The van der Waals surface area contributed by atoms with Crippen LogP contribution in [0.1, 0.15) is 21.9 Å². The maximum atomic E-state index is 12.1. The van der Waals surface area contributed by atoms with Crippen LogP contribution in [0, 0.1) is 0 Å². The Morgan fingerprint density at radius 1 is 1.11 bits per heavy atom. The SMILES string of the molecule is O=C(N/N=C/c1ccc(COc2ccc(Br)cc2)o1)c1ccc2c(c1)OCO2. The number of halogens is 1. The zero-order valence-electron chi connectivity index (χ0n) is 14.6. The molecule has 2 heterocycles. The molecule has 1 aliphatic heterocycles. The average Bonchev–Trinajstić information content (AvgIpc) is 3.36. The molecule has 0 saturated carbocycles. The van der Waals surface area contributed by atoms with Crippen molar-refractivity contribution in [3.8, 4) is 17.2 Å². The summed E-state index contributed by atoms with van der Waals surface area (Å²) < 4.78 is 22.7. The van der Waals surface area contributed by atoms with Gasteiger partial charge in [0.25, 0.3) is 5.91 Å².